The number of hydrogen-bond donors (Lipinski definition) is 3. The van der Waals surface area contributed by atoms with Gasteiger partial charge in [0.1, 0.15) is 11.9 Å². The molecule has 0 aliphatic rings. The topological polar surface area (TPSA) is 109 Å². The Balaban J connectivity index is 1.76. The van der Waals surface area contributed by atoms with Gasteiger partial charge in [0.05, 0.1) is 7.11 Å². The zero-order valence-corrected chi connectivity index (χ0v) is 15.6. The third-order valence-electron chi connectivity index (χ3n) is 4.06. The van der Waals surface area contributed by atoms with Gasteiger partial charge in [-0.3, -0.25) is 9.89 Å². The molecule has 0 aliphatic heterocycles. The third kappa shape index (κ3) is 4.94. The second-order valence-corrected chi connectivity index (χ2v) is 6.19. The van der Waals surface area contributed by atoms with Crippen LogP contribution < -0.4 is 10.6 Å². The zero-order valence-electron chi connectivity index (χ0n) is 15.6. The van der Waals surface area contributed by atoms with Gasteiger partial charge in [0.2, 0.25) is 5.91 Å². The molecule has 2 amide bonds. The fraction of sp³-hybridized carbons (Fsp3) is 0.200. The van der Waals surface area contributed by atoms with Crippen LogP contribution in [0.15, 0.2) is 54.6 Å². The number of methoxy groups -OCH3 is 1. The molecule has 0 bridgehead atoms. The maximum Gasteiger partial charge on any atom is 0.407 e. The van der Waals surface area contributed by atoms with Crippen molar-refractivity contribution in [3.8, 4) is 11.4 Å². The molecule has 3 aromatic rings. The normalized spacial score (nSPS) is 11.5. The van der Waals surface area contributed by atoms with Crippen LogP contribution in [0.5, 0.6) is 0 Å². The molecule has 8 heteroatoms. The van der Waals surface area contributed by atoms with Crippen molar-refractivity contribution in [3.05, 3.63) is 66.0 Å². The number of nitrogens with zero attached hydrogens (tertiary/aromatic N) is 2. The number of benzene rings is 2. The summed E-state index contributed by atoms with van der Waals surface area (Å²) < 4.78 is 4.65. The van der Waals surface area contributed by atoms with Crippen LogP contribution in [-0.2, 0) is 16.0 Å². The minimum Gasteiger partial charge on any atom is -0.453 e. The van der Waals surface area contributed by atoms with Gasteiger partial charge in [0.15, 0.2) is 5.82 Å². The molecule has 0 saturated carbocycles. The number of amides is 2. The van der Waals surface area contributed by atoms with Gasteiger partial charge in [-0.15, -0.1) is 0 Å². The van der Waals surface area contributed by atoms with Crippen LogP contribution in [0.2, 0.25) is 0 Å². The number of rotatable bonds is 6. The molecule has 8 nitrogen and oxygen atoms in total. The number of nitrogens with one attached hydrogen (secondary N) is 3. The molecule has 1 unspecified atom stereocenters. The highest BCUT2D eigenvalue weighted by atomic mass is 16.5. The van der Waals surface area contributed by atoms with Crippen molar-refractivity contribution in [2.45, 2.75) is 19.4 Å². The number of aromatic nitrogens is 3. The summed E-state index contributed by atoms with van der Waals surface area (Å²) in [4.78, 5) is 28.8. The monoisotopic (exact) mass is 379 g/mol. The fourth-order valence-corrected chi connectivity index (χ4v) is 2.70. The van der Waals surface area contributed by atoms with E-state index in [0.717, 1.165) is 11.1 Å². The largest absolute Gasteiger partial charge is 0.453 e. The zero-order chi connectivity index (χ0) is 19.9. The number of aryl methyl sites for hydroxylation is 1. The lowest BCUT2D eigenvalue weighted by molar-refractivity contribution is -0.118. The van der Waals surface area contributed by atoms with Crippen LogP contribution in [0.1, 0.15) is 11.4 Å². The minimum absolute atomic E-state index is 0.335. The molecule has 2 aromatic carbocycles. The molecule has 1 heterocycles. The van der Waals surface area contributed by atoms with Gasteiger partial charge in [0.25, 0.3) is 0 Å². The van der Waals surface area contributed by atoms with Gasteiger partial charge in [-0.1, -0.05) is 42.5 Å². The van der Waals surface area contributed by atoms with E-state index < -0.39 is 12.1 Å². The molecule has 3 N–H and O–H groups in total. The average molecular weight is 379 g/mol. The van der Waals surface area contributed by atoms with Crippen molar-refractivity contribution < 1.29 is 14.3 Å². The van der Waals surface area contributed by atoms with Crippen molar-refractivity contribution in [2.24, 2.45) is 0 Å². The molecule has 1 atom stereocenters. The van der Waals surface area contributed by atoms with Crippen LogP contribution >= 0.6 is 0 Å². The molecule has 0 fully saturated rings. The predicted molar refractivity (Wildman–Crippen MR) is 105 cm³/mol. The molecular formula is C20H21N5O3. The van der Waals surface area contributed by atoms with Crippen molar-refractivity contribution in [2.75, 3.05) is 12.4 Å². The lowest BCUT2D eigenvalue weighted by Gasteiger charge is -2.18. The summed E-state index contributed by atoms with van der Waals surface area (Å²) in [6, 6.07) is 15.8. The van der Waals surface area contributed by atoms with E-state index in [0.29, 0.717) is 23.8 Å². The SMILES string of the molecule is COC(=O)NC(Cc1ccccc1)C(=O)Nc1cccc(-c2n[nH]c(C)n2)c1. The quantitative estimate of drug-likeness (QED) is 0.610. The van der Waals surface area contributed by atoms with Crippen LogP contribution in [0.3, 0.4) is 0 Å². The number of hydrogen-bond acceptors (Lipinski definition) is 5. The van der Waals surface area contributed by atoms with Crippen LogP contribution in [0.25, 0.3) is 11.4 Å². The number of anilines is 1. The molecule has 144 valence electrons. The van der Waals surface area contributed by atoms with Crippen molar-refractivity contribution in [3.63, 3.8) is 0 Å². The molecule has 28 heavy (non-hydrogen) atoms. The van der Waals surface area contributed by atoms with Gasteiger partial charge >= 0.3 is 6.09 Å². The van der Waals surface area contributed by atoms with E-state index in [1.165, 1.54) is 7.11 Å². The number of H-pyrrole nitrogens is 1. The molecular weight excluding hydrogens is 358 g/mol. The van der Waals surface area contributed by atoms with Crippen molar-refractivity contribution >= 4 is 17.7 Å². The van der Waals surface area contributed by atoms with E-state index in [1.54, 1.807) is 18.2 Å². The molecule has 0 saturated heterocycles. The lowest BCUT2D eigenvalue weighted by atomic mass is 10.1. The van der Waals surface area contributed by atoms with Gasteiger partial charge < -0.3 is 15.4 Å². The highest BCUT2D eigenvalue weighted by Crippen LogP contribution is 2.19. The number of ether oxygens (including phenoxy) is 1. The molecule has 1 aromatic heterocycles. The summed E-state index contributed by atoms with van der Waals surface area (Å²) in [7, 11) is 1.26. The Kier molecular flexibility index (Phi) is 6.01. The first-order valence-corrected chi connectivity index (χ1v) is 8.74. The van der Waals surface area contributed by atoms with Crippen molar-refractivity contribution in [1.82, 2.24) is 20.5 Å². The summed E-state index contributed by atoms with van der Waals surface area (Å²) in [5.41, 5.74) is 2.27. The summed E-state index contributed by atoms with van der Waals surface area (Å²) in [6.07, 6.45) is -0.331. The lowest BCUT2D eigenvalue weighted by Crippen LogP contribution is -2.45. The number of aromatic amines is 1. The molecule has 3 rings (SSSR count). The Morgan fingerprint density at radius 2 is 1.93 bits per heavy atom. The van der Waals surface area contributed by atoms with Gasteiger partial charge in [-0.25, -0.2) is 9.78 Å². The van der Waals surface area contributed by atoms with Gasteiger partial charge in [0, 0.05) is 17.7 Å². The standard InChI is InChI=1S/C20H21N5O3/c1-13-21-18(25-24-13)15-9-6-10-16(12-15)22-19(26)17(23-20(27)28-2)11-14-7-4-3-5-8-14/h3-10,12,17H,11H2,1-2H3,(H,22,26)(H,23,27)(H,21,24,25). The molecule has 0 spiro atoms. The van der Waals surface area contributed by atoms with E-state index in [1.807, 2.05) is 43.3 Å². The van der Waals surface area contributed by atoms with Gasteiger partial charge in [-0.05, 0) is 24.6 Å². The summed E-state index contributed by atoms with van der Waals surface area (Å²) in [5, 5.41) is 12.3. The predicted octanol–water partition coefficient (Wildman–Crippen LogP) is 2.69. The van der Waals surface area contributed by atoms with Crippen LogP contribution in [0, 0.1) is 6.92 Å². The maximum absolute atomic E-state index is 12.8. The fourth-order valence-electron chi connectivity index (χ4n) is 2.70. The maximum atomic E-state index is 12.8. The van der Waals surface area contributed by atoms with Crippen LogP contribution in [-0.4, -0.2) is 40.3 Å². The Morgan fingerprint density at radius 1 is 1.14 bits per heavy atom. The van der Waals surface area contributed by atoms with E-state index in [4.69, 9.17) is 0 Å². The van der Waals surface area contributed by atoms with Crippen molar-refractivity contribution in [1.29, 1.82) is 0 Å². The second kappa shape index (κ2) is 8.81. The Labute approximate surface area is 162 Å². The highest BCUT2D eigenvalue weighted by Gasteiger charge is 2.22. The van der Waals surface area contributed by atoms with E-state index in [-0.39, 0.29) is 5.91 Å². The first-order valence-electron chi connectivity index (χ1n) is 8.74. The van der Waals surface area contributed by atoms with Gasteiger partial charge in [-0.2, -0.15) is 5.10 Å². The van der Waals surface area contributed by atoms with E-state index in [9.17, 15) is 9.59 Å². The Hall–Kier alpha value is -3.68. The molecule has 0 aliphatic carbocycles. The van der Waals surface area contributed by atoms with E-state index in [2.05, 4.69) is 30.6 Å². The Morgan fingerprint density at radius 3 is 2.61 bits per heavy atom. The second-order valence-electron chi connectivity index (χ2n) is 6.19. The number of alkyl carbamates (subject to hydrolysis) is 1. The summed E-state index contributed by atoms with van der Waals surface area (Å²) in [5.74, 6) is 0.898. The number of carbonyl (C=O) groups is 2. The van der Waals surface area contributed by atoms with E-state index >= 15 is 0 Å². The van der Waals surface area contributed by atoms with Crippen LogP contribution in [0.4, 0.5) is 10.5 Å². The first kappa shape index (κ1) is 19.1. The summed E-state index contributed by atoms with van der Waals surface area (Å²) in [6.45, 7) is 1.81. The average Bonchev–Trinajstić information content (AvgIpc) is 3.14. The molecule has 0 radical (unpaired) electrons. The number of carbonyl (C=O) groups excluding carboxylic acids is 2. The Bertz CT molecular complexity index is 955. The third-order valence-corrected chi connectivity index (χ3v) is 4.06. The highest BCUT2D eigenvalue weighted by molar-refractivity contribution is 5.97. The summed E-state index contributed by atoms with van der Waals surface area (Å²) >= 11 is 0. The minimum atomic E-state index is -0.788. The smallest absolute Gasteiger partial charge is 0.407 e. The first-order chi connectivity index (χ1) is 13.5.